The van der Waals surface area contributed by atoms with Gasteiger partial charge in [0.25, 0.3) is 0 Å². The van der Waals surface area contributed by atoms with Gasteiger partial charge in [-0.3, -0.25) is 0 Å². The van der Waals surface area contributed by atoms with Gasteiger partial charge in [0.1, 0.15) is 12.4 Å². The molecular weight excluding hydrogens is 396 g/mol. The van der Waals surface area contributed by atoms with E-state index in [2.05, 4.69) is 0 Å². The fourth-order valence-corrected chi connectivity index (χ4v) is 3.60. The van der Waals surface area contributed by atoms with Crippen LogP contribution in [0.4, 0.5) is 0 Å². The van der Waals surface area contributed by atoms with Gasteiger partial charge in [-0.15, -0.1) is 0 Å². The quantitative estimate of drug-likeness (QED) is 0.371. The highest BCUT2D eigenvalue weighted by atomic mass is 35.5. The van der Waals surface area contributed by atoms with E-state index >= 15 is 0 Å². The van der Waals surface area contributed by atoms with E-state index in [9.17, 15) is 9.90 Å². The lowest BCUT2D eigenvalue weighted by atomic mass is 9.91. The van der Waals surface area contributed by atoms with Gasteiger partial charge in [0.15, 0.2) is 0 Å². The first kappa shape index (κ1) is 19.7. The summed E-state index contributed by atoms with van der Waals surface area (Å²) in [6.07, 6.45) is 0. The van der Waals surface area contributed by atoms with Crippen LogP contribution < -0.4 is 4.74 Å². The van der Waals surface area contributed by atoms with Crippen molar-refractivity contribution in [1.29, 1.82) is 0 Å². The Morgan fingerprint density at radius 1 is 0.733 bits per heavy atom. The number of benzene rings is 4. The van der Waals surface area contributed by atoms with E-state index in [0.29, 0.717) is 22.9 Å². The van der Waals surface area contributed by atoms with E-state index in [-0.39, 0.29) is 5.56 Å². The average molecular weight is 415 g/mol. The molecule has 0 heterocycles. The van der Waals surface area contributed by atoms with Crippen LogP contribution in [0.3, 0.4) is 0 Å². The normalized spacial score (nSPS) is 10.6. The van der Waals surface area contributed by atoms with Crippen molar-refractivity contribution in [3.05, 3.63) is 113 Å². The molecule has 0 unspecified atom stereocenters. The SMILES string of the molecule is O=C(O)c1ccccc1-c1ccccc1-c1cc(Cl)ccc1OCc1ccccc1. The molecule has 4 aromatic rings. The van der Waals surface area contributed by atoms with Crippen molar-refractivity contribution < 1.29 is 14.6 Å². The molecule has 0 atom stereocenters. The second-order valence-corrected chi connectivity index (χ2v) is 7.25. The van der Waals surface area contributed by atoms with Crippen molar-refractivity contribution in [2.24, 2.45) is 0 Å². The molecular formula is C26H19ClO3. The fourth-order valence-electron chi connectivity index (χ4n) is 3.43. The molecule has 0 spiro atoms. The lowest BCUT2D eigenvalue weighted by Gasteiger charge is -2.16. The molecule has 0 radical (unpaired) electrons. The van der Waals surface area contributed by atoms with Gasteiger partial charge >= 0.3 is 5.97 Å². The van der Waals surface area contributed by atoms with Crippen LogP contribution in [-0.2, 0) is 6.61 Å². The number of ether oxygens (including phenoxy) is 1. The third kappa shape index (κ3) is 4.22. The highest BCUT2D eigenvalue weighted by Gasteiger charge is 2.17. The lowest BCUT2D eigenvalue weighted by molar-refractivity contribution is 0.0697. The van der Waals surface area contributed by atoms with Crippen LogP contribution in [0.25, 0.3) is 22.3 Å². The molecule has 0 bridgehead atoms. The minimum absolute atomic E-state index is 0.249. The van der Waals surface area contributed by atoms with Gasteiger partial charge in [-0.25, -0.2) is 4.79 Å². The van der Waals surface area contributed by atoms with Crippen LogP contribution in [-0.4, -0.2) is 11.1 Å². The summed E-state index contributed by atoms with van der Waals surface area (Å²) in [5, 5.41) is 10.2. The fraction of sp³-hybridized carbons (Fsp3) is 0.0385. The molecule has 0 saturated carbocycles. The second-order valence-electron chi connectivity index (χ2n) is 6.81. The van der Waals surface area contributed by atoms with Gasteiger partial charge in [0.2, 0.25) is 0 Å². The molecule has 4 rings (SSSR count). The van der Waals surface area contributed by atoms with Gasteiger partial charge in [0, 0.05) is 10.6 Å². The first-order valence-corrected chi connectivity index (χ1v) is 9.89. The Balaban J connectivity index is 1.81. The predicted molar refractivity (Wildman–Crippen MR) is 120 cm³/mol. The van der Waals surface area contributed by atoms with Crippen LogP contribution in [0.5, 0.6) is 5.75 Å². The summed E-state index contributed by atoms with van der Waals surface area (Å²) in [7, 11) is 0. The number of halogens is 1. The molecule has 0 aliphatic rings. The van der Waals surface area contributed by atoms with E-state index in [1.165, 1.54) is 0 Å². The first-order valence-electron chi connectivity index (χ1n) is 9.52. The van der Waals surface area contributed by atoms with Gasteiger partial charge < -0.3 is 9.84 Å². The highest BCUT2D eigenvalue weighted by Crippen LogP contribution is 2.40. The van der Waals surface area contributed by atoms with Gasteiger partial charge in [0.05, 0.1) is 5.56 Å². The summed E-state index contributed by atoms with van der Waals surface area (Å²) < 4.78 is 6.13. The van der Waals surface area contributed by atoms with Crippen LogP contribution in [0.2, 0.25) is 5.02 Å². The zero-order valence-corrected chi connectivity index (χ0v) is 16.8. The molecule has 0 aromatic heterocycles. The monoisotopic (exact) mass is 414 g/mol. The first-order chi connectivity index (χ1) is 14.6. The predicted octanol–water partition coefficient (Wildman–Crippen LogP) is 6.95. The van der Waals surface area contributed by atoms with E-state index in [4.69, 9.17) is 16.3 Å². The van der Waals surface area contributed by atoms with Crippen LogP contribution in [0.15, 0.2) is 97.1 Å². The minimum Gasteiger partial charge on any atom is -0.488 e. The number of carbonyl (C=O) groups is 1. The van der Waals surface area contributed by atoms with Crippen LogP contribution in [0.1, 0.15) is 15.9 Å². The molecule has 0 saturated heterocycles. The summed E-state index contributed by atoms with van der Waals surface area (Å²) in [6, 6.07) is 30.1. The zero-order chi connectivity index (χ0) is 20.9. The molecule has 1 N–H and O–H groups in total. The maximum atomic E-state index is 11.8. The average Bonchev–Trinajstić information content (AvgIpc) is 2.79. The van der Waals surface area contributed by atoms with E-state index < -0.39 is 5.97 Å². The second kappa shape index (κ2) is 8.85. The van der Waals surface area contributed by atoms with Gasteiger partial charge in [-0.05, 0) is 46.5 Å². The molecule has 0 amide bonds. The smallest absolute Gasteiger partial charge is 0.336 e. The number of hydrogen-bond donors (Lipinski definition) is 1. The van der Waals surface area contributed by atoms with Gasteiger partial charge in [-0.2, -0.15) is 0 Å². The molecule has 4 aromatic carbocycles. The summed E-state index contributed by atoms with van der Waals surface area (Å²) in [5.41, 5.74) is 4.43. The van der Waals surface area contributed by atoms with E-state index in [1.54, 1.807) is 18.2 Å². The molecule has 148 valence electrons. The minimum atomic E-state index is -0.966. The number of hydrogen-bond acceptors (Lipinski definition) is 2. The molecule has 30 heavy (non-hydrogen) atoms. The van der Waals surface area contributed by atoms with Crippen molar-refractivity contribution >= 4 is 17.6 Å². The van der Waals surface area contributed by atoms with E-state index in [0.717, 1.165) is 22.3 Å². The molecule has 0 aliphatic heterocycles. The Kier molecular flexibility index (Phi) is 5.82. The number of carboxylic acids is 1. The third-order valence-corrected chi connectivity index (χ3v) is 5.08. The Labute approximate surface area is 180 Å². The van der Waals surface area contributed by atoms with Crippen molar-refractivity contribution in [2.75, 3.05) is 0 Å². The van der Waals surface area contributed by atoms with Gasteiger partial charge in [-0.1, -0.05) is 84.4 Å². The zero-order valence-electron chi connectivity index (χ0n) is 16.1. The largest absolute Gasteiger partial charge is 0.488 e. The molecule has 4 heteroatoms. The van der Waals surface area contributed by atoms with Crippen molar-refractivity contribution in [3.63, 3.8) is 0 Å². The molecule has 3 nitrogen and oxygen atoms in total. The molecule has 0 fully saturated rings. The number of rotatable bonds is 6. The summed E-state index contributed by atoms with van der Waals surface area (Å²) >= 11 is 6.31. The maximum Gasteiger partial charge on any atom is 0.336 e. The summed E-state index contributed by atoms with van der Waals surface area (Å²) in [5.74, 6) is -0.282. The van der Waals surface area contributed by atoms with Crippen molar-refractivity contribution in [3.8, 4) is 28.0 Å². The Morgan fingerprint density at radius 2 is 1.33 bits per heavy atom. The van der Waals surface area contributed by atoms with Crippen molar-refractivity contribution in [2.45, 2.75) is 6.61 Å². The Hall–Kier alpha value is -3.56. The topological polar surface area (TPSA) is 46.5 Å². The summed E-state index contributed by atoms with van der Waals surface area (Å²) in [4.78, 5) is 11.8. The standard InChI is InChI=1S/C26H19ClO3/c27-19-14-15-25(30-17-18-8-2-1-3-9-18)24(16-19)22-12-5-4-10-20(22)21-11-6-7-13-23(21)26(28)29/h1-16H,17H2,(H,28,29). The van der Waals surface area contributed by atoms with Crippen molar-refractivity contribution in [1.82, 2.24) is 0 Å². The van der Waals surface area contributed by atoms with E-state index in [1.807, 2.05) is 78.9 Å². The van der Waals surface area contributed by atoms with Crippen LogP contribution in [0, 0.1) is 0 Å². The number of aromatic carboxylic acids is 1. The van der Waals surface area contributed by atoms with Crippen LogP contribution >= 0.6 is 11.6 Å². The Morgan fingerprint density at radius 3 is 2.03 bits per heavy atom. The Bertz CT molecular complexity index is 1190. The third-order valence-electron chi connectivity index (χ3n) is 4.84. The molecule has 0 aliphatic carbocycles. The summed E-state index contributed by atoms with van der Waals surface area (Å²) in [6.45, 7) is 0.420. The number of carboxylic acid groups (broad SMARTS) is 1. The highest BCUT2D eigenvalue weighted by molar-refractivity contribution is 6.31. The maximum absolute atomic E-state index is 11.8. The lowest BCUT2D eigenvalue weighted by Crippen LogP contribution is -2.01.